The average Bonchev–Trinajstić information content (AvgIpc) is 3.18. The molecule has 10 heteroatoms. The summed E-state index contributed by atoms with van der Waals surface area (Å²) >= 11 is -2.62. The molecule has 0 amide bonds. The van der Waals surface area contributed by atoms with Crippen molar-refractivity contribution in [3.8, 4) is 17.0 Å². The Morgan fingerprint density at radius 1 is 1.21 bits per heavy atom. The molecule has 0 fully saturated rings. The summed E-state index contributed by atoms with van der Waals surface area (Å²) in [5.74, 6) is -1.52. The van der Waals surface area contributed by atoms with E-state index in [1.54, 1.807) is 0 Å². The van der Waals surface area contributed by atoms with Gasteiger partial charge in [0, 0.05) is 29.4 Å². The van der Waals surface area contributed by atoms with Gasteiger partial charge in [0.25, 0.3) is 0 Å². The molecule has 0 radical (unpaired) electrons. The van der Waals surface area contributed by atoms with E-state index in [1.165, 1.54) is 48.2 Å². The van der Waals surface area contributed by atoms with E-state index in [2.05, 4.69) is 5.10 Å². The van der Waals surface area contributed by atoms with E-state index >= 15 is 0 Å². The highest BCUT2D eigenvalue weighted by molar-refractivity contribution is 7.80. The van der Waals surface area contributed by atoms with E-state index < -0.39 is 23.1 Å². The molecule has 1 N–H and O–H groups in total. The number of nitrogens with zero attached hydrogens (tertiary/aromatic N) is 3. The maximum atomic E-state index is 13.4. The summed E-state index contributed by atoms with van der Waals surface area (Å²) in [6.07, 6.45) is 1.87. The Labute approximate surface area is 191 Å². The molecule has 4 aromatic rings. The van der Waals surface area contributed by atoms with Crippen molar-refractivity contribution >= 4 is 28.4 Å². The highest BCUT2D eigenvalue weighted by Gasteiger charge is 2.24. The number of halogens is 1. The highest BCUT2D eigenvalue weighted by atomic mass is 32.2. The number of aromatic carboxylic acids is 1. The lowest BCUT2D eigenvalue weighted by molar-refractivity contribution is 0.0700. The largest absolute Gasteiger partial charge is 0.755 e. The molecule has 0 aliphatic rings. The van der Waals surface area contributed by atoms with Crippen LogP contribution in [0.1, 0.15) is 15.9 Å². The van der Waals surface area contributed by atoms with E-state index in [0.29, 0.717) is 12.0 Å². The van der Waals surface area contributed by atoms with Gasteiger partial charge in [-0.3, -0.25) is 8.51 Å². The average molecular weight is 468 g/mol. The first kappa shape index (κ1) is 22.4. The molecule has 0 saturated heterocycles. The van der Waals surface area contributed by atoms with Crippen molar-refractivity contribution in [3.05, 3.63) is 83.8 Å². The number of pyridine rings is 1. The number of methoxy groups -OCH3 is 1. The molecule has 1 unspecified atom stereocenters. The molecule has 0 aliphatic carbocycles. The van der Waals surface area contributed by atoms with Crippen LogP contribution >= 0.6 is 0 Å². The van der Waals surface area contributed by atoms with Crippen LogP contribution in [0.3, 0.4) is 0 Å². The molecular formula is C23H19FN3O5S-. The summed E-state index contributed by atoms with van der Waals surface area (Å²) in [7, 11) is 1.37. The van der Waals surface area contributed by atoms with Gasteiger partial charge in [-0.15, -0.1) is 0 Å². The van der Waals surface area contributed by atoms with E-state index in [0.717, 1.165) is 9.87 Å². The van der Waals surface area contributed by atoms with Crippen molar-refractivity contribution in [2.24, 2.45) is 0 Å². The number of hydrogen-bond donors (Lipinski definition) is 1. The summed E-state index contributed by atoms with van der Waals surface area (Å²) in [6, 6.07) is 16.1. The summed E-state index contributed by atoms with van der Waals surface area (Å²) in [4.78, 5) is 12.0. The van der Waals surface area contributed by atoms with E-state index in [-0.39, 0.29) is 34.8 Å². The van der Waals surface area contributed by atoms with E-state index in [1.807, 2.05) is 30.3 Å². The van der Waals surface area contributed by atoms with Crippen LogP contribution in [0.5, 0.6) is 5.75 Å². The fraction of sp³-hybridized carbons (Fsp3) is 0.130. The summed E-state index contributed by atoms with van der Waals surface area (Å²) < 4.78 is 45.3. The van der Waals surface area contributed by atoms with Crippen LogP contribution in [0.15, 0.2) is 66.9 Å². The molecule has 2 aromatic heterocycles. The number of carboxylic acids is 1. The quantitative estimate of drug-likeness (QED) is 0.395. The van der Waals surface area contributed by atoms with Crippen LogP contribution in [0.4, 0.5) is 10.1 Å². The first-order chi connectivity index (χ1) is 15.9. The Morgan fingerprint density at radius 2 is 1.91 bits per heavy atom. The number of rotatable bonds is 8. The van der Waals surface area contributed by atoms with Crippen molar-refractivity contribution in [2.45, 2.75) is 6.42 Å². The van der Waals surface area contributed by atoms with Crippen LogP contribution in [0, 0.1) is 5.82 Å². The second kappa shape index (κ2) is 9.39. The second-order valence-electron chi connectivity index (χ2n) is 7.15. The van der Waals surface area contributed by atoms with Crippen molar-refractivity contribution in [2.75, 3.05) is 18.0 Å². The van der Waals surface area contributed by atoms with Crippen LogP contribution < -0.4 is 9.04 Å². The van der Waals surface area contributed by atoms with Crippen molar-refractivity contribution in [1.29, 1.82) is 0 Å². The Hall–Kier alpha value is -3.76. The van der Waals surface area contributed by atoms with Gasteiger partial charge in [0.15, 0.2) is 0 Å². The van der Waals surface area contributed by atoms with Crippen LogP contribution in [0.2, 0.25) is 0 Å². The Balaban J connectivity index is 1.82. The minimum Gasteiger partial charge on any atom is -0.755 e. The van der Waals surface area contributed by atoms with Gasteiger partial charge in [-0.25, -0.2) is 13.7 Å². The predicted octanol–water partition coefficient (Wildman–Crippen LogP) is 3.69. The van der Waals surface area contributed by atoms with Crippen LogP contribution in [-0.2, 0) is 17.7 Å². The highest BCUT2D eigenvalue weighted by Crippen LogP contribution is 2.35. The standard InChI is InChI=1S/C23H20FN3O5S/c1-32-20-13-18-21(23(28)29)22(16-7-9-17(24)10-8-16)25-26(18)14-19(20)27(33(30)31)12-11-15-5-3-2-4-6-15/h2-10,13-14H,11-12H2,1H3,(H,28,29)(H,30,31)/p-1. The molecule has 0 bridgehead atoms. The summed E-state index contributed by atoms with van der Waals surface area (Å²) in [5, 5.41) is 14.2. The molecular weight excluding hydrogens is 449 g/mol. The molecule has 2 aromatic carbocycles. The number of aromatic nitrogens is 2. The van der Waals surface area contributed by atoms with Gasteiger partial charge in [0.2, 0.25) is 0 Å². The Kier molecular flexibility index (Phi) is 6.38. The van der Waals surface area contributed by atoms with Gasteiger partial charge in [-0.05, 0) is 36.2 Å². The molecule has 2 heterocycles. The van der Waals surface area contributed by atoms with Gasteiger partial charge in [0.1, 0.15) is 28.5 Å². The third-order valence-corrected chi connectivity index (χ3v) is 5.90. The third-order valence-electron chi connectivity index (χ3n) is 5.16. The monoisotopic (exact) mass is 468 g/mol. The number of carboxylic acid groups (broad SMARTS) is 1. The molecule has 0 spiro atoms. The summed E-state index contributed by atoms with van der Waals surface area (Å²) in [6.45, 7) is 0.139. The normalized spacial score (nSPS) is 12.0. The number of hydrogen-bond acceptors (Lipinski definition) is 5. The lowest BCUT2D eigenvalue weighted by Crippen LogP contribution is -2.28. The minimum atomic E-state index is -2.62. The first-order valence-corrected chi connectivity index (χ1v) is 10.9. The molecule has 0 saturated carbocycles. The number of ether oxygens (including phenoxy) is 1. The zero-order chi connectivity index (χ0) is 23.5. The Morgan fingerprint density at radius 3 is 2.52 bits per heavy atom. The molecule has 33 heavy (non-hydrogen) atoms. The van der Waals surface area contributed by atoms with E-state index in [9.17, 15) is 23.1 Å². The first-order valence-electron chi connectivity index (χ1n) is 9.89. The minimum absolute atomic E-state index is 0.106. The fourth-order valence-electron chi connectivity index (χ4n) is 3.58. The molecule has 1 atom stereocenters. The SMILES string of the molecule is COc1cc2c(C(=O)O)c(-c3ccc(F)cc3)nn2cc1N(CCc1ccccc1)S(=O)[O-]. The third kappa shape index (κ3) is 4.57. The van der Waals surface area contributed by atoms with Crippen molar-refractivity contribution in [3.63, 3.8) is 0 Å². The van der Waals surface area contributed by atoms with Gasteiger partial charge in [-0.2, -0.15) is 5.10 Å². The lowest BCUT2D eigenvalue weighted by Gasteiger charge is -2.27. The zero-order valence-electron chi connectivity index (χ0n) is 17.5. The summed E-state index contributed by atoms with van der Waals surface area (Å²) in [5.41, 5.74) is 1.80. The number of carbonyl (C=O) groups is 1. The maximum Gasteiger partial charge on any atom is 0.340 e. The van der Waals surface area contributed by atoms with Gasteiger partial charge in [-0.1, -0.05) is 30.3 Å². The zero-order valence-corrected chi connectivity index (χ0v) is 18.3. The number of fused-ring (bicyclic) bond motifs is 1. The van der Waals surface area contributed by atoms with Gasteiger partial charge < -0.3 is 14.4 Å². The second-order valence-corrected chi connectivity index (χ2v) is 8.02. The van der Waals surface area contributed by atoms with Crippen molar-refractivity contribution < 1.29 is 27.8 Å². The van der Waals surface area contributed by atoms with Gasteiger partial charge >= 0.3 is 5.97 Å². The fourth-order valence-corrected chi connectivity index (χ4v) is 4.12. The van der Waals surface area contributed by atoms with Gasteiger partial charge in [0.05, 0.1) is 18.8 Å². The lowest BCUT2D eigenvalue weighted by atomic mass is 10.1. The molecule has 0 aliphatic heterocycles. The van der Waals surface area contributed by atoms with E-state index in [4.69, 9.17) is 4.74 Å². The molecule has 4 rings (SSSR count). The maximum absolute atomic E-state index is 13.4. The topological polar surface area (TPSA) is 107 Å². The van der Waals surface area contributed by atoms with Crippen LogP contribution in [-0.4, -0.2) is 43.1 Å². The van der Waals surface area contributed by atoms with Crippen molar-refractivity contribution in [1.82, 2.24) is 9.61 Å². The number of anilines is 1. The smallest absolute Gasteiger partial charge is 0.340 e. The number of benzene rings is 2. The molecule has 170 valence electrons. The molecule has 8 nitrogen and oxygen atoms in total. The van der Waals surface area contributed by atoms with Crippen LogP contribution in [0.25, 0.3) is 16.8 Å². The predicted molar refractivity (Wildman–Crippen MR) is 121 cm³/mol. The Bertz CT molecular complexity index is 1330.